The summed E-state index contributed by atoms with van der Waals surface area (Å²) in [6.07, 6.45) is 5.55. The second-order valence-electron chi connectivity index (χ2n) is 6.14. The summed E-state index contributed by atoms with van der Waals surface area (Å²) >= 11 is 0. The molecule has 0 aromatic carbocycles. The van der Waals surface area contributed by atoms with Gasteiger partial charge in [0.2, 0.25) is 0 Å². The van der Waals surface area contributed by atoms with Crippen molar-refractivity contribution in [2.24, 2.45) is 5.92 Å². The molecule has 0 aliphatic carbocycles. The van der Waals surface area contributed by atoms with Gasteiger partial charge >= 0.3 is 12.0 Å². The van der Waals surface area contributed by atoms with Crippen LogP contribution in [0.25, 0.3) is 0 Å². The van der Waals surface area contributed by atoms with Gasteiger partial charge in [-0.2, -0.15) is 5.10 Å². The van der Waals surface area contributed by atoms with E-state index in [0.717, 1.165) is 37.1 Å². The first-order valence-electron chi connectivity index (χ1n) is 8.29. The fourth-order valence-corrected chi connectivity index (χ4v) is 2.81. The maximum Gasteiger partial charge on any atom is 0.317 e. The molecule has 0 spiro atoms. The van der Waals surface area contributed by atoms with Gasteiger partial charge in [-0.1, -0.05) is 13.3 Å². The summed E-state index contributed by atoms with van der Waals surface area (Å²) < 4.78 is 1.92. The number of unbranched alkanes of at least 4 members (excludes halogenated alkanes) is 1. The number of carbonyl (C=O) groups excluding carboxylic acids is 1. The average Bonchev–Trinajstić information content (AvgIpc) is 2.90. The molecule has 1 aromatic heterocycles. The van der Waals surface area contributed by atoms with Gasteiger partial charge in [-0.3, -0.25) is 9.48 Å². The normalized spacial score (nSPS) is 18.0. The van der Waals surface area contributed by atoms with E-state index in [1.54, 1.807) is 4.90 Å². The highest BCUT2D eigenvalue weighted by Crippen LogP contribution is 2.16. The van der Waals surface area contributed by atoms with Crippen molar-refractivity contribution >= 4 is 12.0 Å². The van der Waals surface area contributed by atoms with Crippen LogP contribution in [0, 0.1) is 12.8 Å². The molecule has 2 heterocycles. The summed E-state index contributed by atoms with van der Waals surface area (Å²) in [4.78, 5) is 24.9. The Kier molecular flexibility index (Phi) is 6.01. The topological polar surface area (TPSA) is 87.5 Å². The maximum absolute atomic E-state index is 12.2. The molecule has 7 heteroatoms. The number of carboxylic acids is 1. The van der Waals surface area contributed by atoms with Crippen LogP contribution in [0.15, 0.2) is 6.20 Å². The van der Waals surface area contributed by atoms with Gasteiger partial charge in [0.1, 0.15) is 0 Å². The number of carbonyl (C=O) groups is 2. The molecular formula is C16H26N4O3. The van der Waals surface area contributed by atoms with E-state index in [0.29, 0.717) is 19.5 Å². The molecule has 7 nitrogen and oxygen atoms in total. The van der Waals surface area contributed by atoms with Crippen molar-refractivity contribution in [3.8, 4) is 0 Å². The highest BCUT2D eigenvalue weighted by molar-refractivity contribution is 5.76. The van der Waals surface area contributed by atoms with E-state index < -0.39 is 11.9 Å². The minimum Gasteiger partial charge on any atom is -0.481 e. The van der Waals surface area contributed by atoms with Crippen LogP contribution in [-0.2, 0) is 17.9 Å². The number of piperidine rings is 1. The number of aryl methyl sites for hydroxylation is 2. The lowest BCUT2D eigenvalue weighted by Gasteiger charge is -2.30. The first-order chi connectivity index (χ1) is 11.0. The van der Waals surface area contributed by atoms with Crippen LogP contribution in [0.1, 0.15) is 43.9 Å². The second kappa shape index (κ2) is 7.99. The fourth-order valence-electron chi connectivity index (χ4n) is 2.81. The van der Waals surface area contributed by atoms with Gasteiger partial charge < -0.3 is 15.3 Å². The zero-order chi connectivity index (χ0) is 16.8. The SMILES string of the molecule is CCCCn1cc(CNC(=O)N2CCCC(C(=O)O)C2)c(C)n1. The number of aromatic nitrogens is 2. The van der Waals surface area contributed by atoms with Crippen molar-refractivity contribution in [2.45, 2.75) is 52.6 Å². The molecule has 1 unspecified atom stereocenters. The molecule has 0 saturated carbocycles. The molecule has 1 aliphatic rings. The zero-order valence-corrected chi connectivity index (χ0v) is 13.9. The Bertz CT molecular complexity index is 556. The van der Waals surface area contributed by atoms with Crippen molar-refractivity contribution in [2.75, 3.05) is 13.1 Å². The van der Waals surface area contributed by atoms with Crippen LogP contribution in [0.3, 0.4) is 0 Å². The van der Waals surface area contributed by atoms with Crippen molar-refractivity contribution in [1.29, 1.82) is 0 Å². The number of urea groups is 1. The van der Waals surface area contributed by atoms with Gasteiger partial charge in [-0.25, -0.2) is 4.79 Å². The zero-order valence-electron chi connectivity index (χ0n) is 13.9. The number of carboxylic acid groups (broad SMARTS) is 1. The third-order valence-corrected chi connectivity index (χ3v) is 4.28. The Morgan fingerprint density at radius 2 is 2.26 bits per heavy atom. The number of hydrogen-bond donors (Lipinski definition) is 2. The minimum absolute atomic E-state index is 0.198. The lowest BCUT2D eigenvalue weighted by atomic mass is 9.99. The Morgan fingerprint density at radius 3 is 2.96 bits per heavy atom. The number of hydrogen-bond acceptors (Lipinski definition) is 3. The number of likely N-dealkylation sites (tertiary alicyclic amines) is 1. The third-order valence-electron chi connectivity index (χ3n) is 4.28. The van der Waals surface area contributed by atoms with Gasteiger partial charge in [0.15, 0.2) is 0 Å². The maximum atomic E-state index is 12.2. The van der Waals surface area contributed by atoms with Crippen molar-refractivity contribution in [3.63, 3.8) is 0 Å². The first-order valence-corrected chi connectivity index (χ1v) is 8.29. The van der Waals surface area contributed by atoms with E-state index in [1.807, 2.05) is 17.8 Å². The van der Waals surface area contributed by atoms with Crippen molar-refractivity contribution in [3.05, 3.63) is 17.5 Å². The summed E-state index contributed by atoms with van der Waals surface area (Å²) in [6, 6.07) is -0.198. The smallest absolute Gasteiger partial charge is 0.317 e. The van der Waals surface area contributed by atoms with Crippen LogP contribution >= 0.6 is 0 Å². The summed E-state index contributed by atoms with van der Waals surface area (Å²) in [6.45, 7) is 6.29. The first kappa shape index (κ1) is 17.3. The summed E-state index contributed by atoms with van der Waals surface area (Å²) in [5, 5.41) is 16.4. The number of nitrogens with zero attached hydrogens (tertiary/aromatic N) is 3. The predicted molar refractivity (Wildman–Crippen MR) is 86.0 cm³/mol. The van der Waals surface area contributed by atoms with Crippen LogP contribution in [0.2, 0.25) is 0 Å². The van der Waals surface area contributed by atoms with Gasteiger partial charge in [0, 0.05) is 37.9 Å². The molecule has 2 amide bonds. The Labute approximate surface area is 136 Å². The molecule has 0 bridgehead atoms. The Morgan fingerprint density at radius 1 is 1.48 bits per heavy atom. The van der Waals surface area contributed by atoms with Crippen molar-refractivity contribution < 1.29 is 14.7 Å². The largest absolute Gasteiger partial charge is 0.481 e. The lowest BCUT2D eigenvalue weighted by Crippen LogP contribution is -2.46. The van der Waals surface area contributed by atoms with Gasteiger partial charge in [-0.05, 0) is 26.2 Å². The predicted octanol–water partition coefficient (Wildman–Crippen LogP) is 2.00. The van der Waals surface area contributed by atoms with E-state index >= 15 is 0 Å². The lowest BCUT2D eigenvalue weighted by molar-refractivity contribution is -0.143. The molecule has 1 aliphatic heterocycles. The molecule has 1 aromatic rings. The molecule has 128 valence electrons. The van der Waals surface area contributed by atoms with Gasteiger partial charge in [0.05, 0.1) is 11.6 Å². The van der Waals surface area contributed by atoms with E-state index in [9.17, 15) is 9.59 Å². The molecule has 1 saturated heterocycles. The van der Waals surface area contributed by atoms with Crippen LogP contribution < -0.4 is 5.32 Å². The van der Waals surface area contributed by atoms with Gasteiger partial charge in [-0.15, -0.1) is 0 Å². The molecule has 2 rings (SSSR count). The van der Waals surface area contributed by atoms with E-state index in [2.05, 4.69) is 17.3 Å². The fraction of sp³-hybridized carbons (Fsp3) is 0.688. The van der Waals surface area contributed by atoms with E-state index in [-0.39, 0.29) is 12.6 Å². The average molecular weight is 322 g/mol. The number of aliphatic carboxylic acids is 1. The summed E-state index contributed by atoms with van der Waals surface area (Å²) in [5.74, 6) is -1.27. The third kappa shape index (κ3) is 4.71. The van der Waals surface area contributed by atoms with Crippen LogP contribution in [0.4, 0.5) is 4.79 Å². The summed E-state index contributed by atoms with van der Waals surface area (Å²) in [5.41, 5.74) is 1.92. The molecular weight excluding hydrogens is 296 g/mol. The van der Waals surface area contributed by atoms with E-state index in [1.165, 1.54) is 0 Å². The van der Waals surface area contributed by atoms with Crippen LogP contribution in [0.5, 0.6) is 0 Å². The highest BCUT2D eigenvalue weighted by atomic mass is 16.4. The van der Waals surface area contributed by atoms with E-state index in [4.69, 9.17) is 5.11 Å². The van der Waals surface area contributed by atoms with Crippen molar-refractivity contribution in [1.82, 2.24) is 20.0 Å². The van der Waals surface area contributed by atoms with Gasteiger partial charge in [0.25, 0.3) is 0 Å². The Hall–Kier alpha value is -2.05. The molecule has 2 N–H and O–H groups in total. The molecule has 0 radical (unpaired) electrons. The quantitative estimate of drug-likeness (QED) is 0.838. The second-order valence-corrected chi connectivity index (χ2v) is 6.14. The Balaban J connectivity index is 1.86. The number of rotatable bonds is 6. The monoisotopic (exact) mass is 322 g/mol. The highest BCUT2D eigenvalue weighted by Gasteiger charge is 2.28. The molecule has 1 atom stereocenters. The molecule has 23 heavy (non-hydrogen) atoms. The molecule has 1 fully saturated rings. The summed E-state index contributed by atoms with van der Waals surface area (Å²) in [7, 11) is 0. The standard InChI is InChI=1S/C16H26N4O3/c1-3-4-8-20-11-14(12(2)18-20)9-17-16(23)19-7-5-6-13(10-19)15(21)22/h11,13H,3-10H2,1-2H3,(H,17,23)(H,21,22). The minimum atomic E-state index is -0.824. The number of nitrogens with one attached hydrogen (secondary N) is 1. The van der Waals surface area contributed by atoms with Crippen LogP contribution in [-0.4, -0.2) is 44.9 Å². The number of amides is 2.